The van der Waals surface area contributed by atoms with Gasteiger partial charge in [-0.15, -0.1) is 0 Å². The highest BCUT2D eigenvalue weighted by atomic mass is 79.9. The normalized spacial score (nSPS) is 12.7. The molecule has 0 radical (unpaired) electrons. The molecule has 1 N–H and O–H groups in total. The van der Waals surface area contributed by atoms with E-state index in [-0.39, 0.29) is 29.1 Å². The van der Waals surface area contributed by atoms with Gasteiger partial charge in [0.15, 0.2) is 0 Å². The molecule has 0 bridgehead atoms. The summed E-state index contributed by atoms with van der Waals surface area (Å²) >= 11 is 3.32. The van der Waals surface area contributed by atoms with Crippen molar-refractivity contribution >= 4 is 43.5 Å². The molecule has 3 aromatic carbocycles. The van der Waals surface area contributed by atoms with Gasteiger partial charge in [0.2, 0.25) is 11.8 Å². The lowest BCUT2D eigenvalue weighted by atomic mass is 10.1. The van der Waals surface area contributed by atoms with E-state index >= 15 is 0 Å². The number of benzene rings is 3. The van der Waals surface area contributed by atoms with Crippen LogP contribution in [0.2, 0.25) is 0 Å². The van der Waals surface area contributed by atoms with Crippen LogP contribution in [-0.4, -0.2) is 50.4 Å². The molecular formula is C30H35BrFN3O5S. The van der Waals surface area contributed by atoms with Gasteiger partial charge in [0.05, 0.1) is 17.2 Å². The quantitative estimate of drug-likeness (QED) is 0.264. The zero-order valence-corrected chi connectivity index (χ0v) is 25.9. The maximum Gasteiger partial charge on any atom is 0.264 e. The molecule has 0 spiro atoms. The number of ether oxygens (including phenoxy) is 1. The first-order chi connectivity index (χ1) is 19.5. The molecule has 0 aromatic heterocycles. The fourth-order valence-electron chi connectivity index (χ4n) is 3.97. The van der Waals surface area contributed by atoms with Crippen molar-refractivity contribution in [1.29, 1.82) is 0 Å². The third-order valence-corrected chi connectivity index (χ3v) is 8.87. The van der Waals surface area contributed by atoms with Crippen molar-refractivity contribution in [3.05, 3.63) is 88.6 Å². The number of amides is 2. The van der Waals surface area contributed by atoms with E-state index in [9.17, 15) is 22.4 Å². The Bertz CT molecular complexity index is 1420. The average molecular weight is 649 g/mol. The molecule has 2 amide bonds. The van der Waals surface area contributed by atoms with Gasteiger partial charge in [-0.05, 0) is 93.4 Å². The third-order valence-electron chi connectivity index (χ3n) is 6.55. The van der Waals surface area contributed by atoms with E-state index in [4.69, 9.17) is 4.74 Å². The first kappa shape index (κ1) is 32.1. The van der Waals surface area contributed by atoms with Gasteiger partial charge in [-0.25, -0.2) is 12.8 Å². The first-order valence-corrected chi connectivity index (χ1v) is 15.5. The number of halogens is 2. The van der Waals surface area contributed by atoms with Gasteiger partial charge in [-0.3, -0.25) is 13.9 Å². The van der Waals surface area contributed by atoms with Crippen molar-refractivity contribution < 1.29 is 27.1 Å². The molecule has 8 nitrogen and oxygen atoms in total. The Kier molecular flexibility index (Phi) is 11.3. The minimum atomic E-state index is -4.20. The van der Waals surface area contributed by atoms with Gasteiger partial charge >= 0.3 is 0 Å². The number of anilines is 1. The lowest BCUT2D eigenvalue weighted by Crippen LogP contribution is -2.52. The van der Waals surface area contributed by atoms with Gasteiger partial charge in [0.25, 0.3) is 10.0 Å². The van der Waals surface area contributed by atoms with Crippen LogP contribution >= 0.6 is 15.9 Å². The maximum absolute atomic E-state index is 13.9. The maximum atomic E-state index is 13.9. The topological polar surface area (TPSA) is 96.0 Å². The summed E-state index contributed by atoms with van der Waals surface area (Å²) in [6.45, 7) is 7.05. The fraction of sp³-hybridized carbons (Fsp3) is 0.333. The molecule has 0 saturated carbocycles. The van der Waals surface area contributed by atoms with Crippen molar-refractivity contribution in [2.75, 3.05) is 17.5 Å². The predicted octanol–water partition coefficient (Wildman–Crippen LogP) is 5.51. The highest BCUT2D eigenvalue weighted by Crippen LogP contribution is 2.27. The summed E-state index contributed by atoms with van der Waals surface area (Å²) < 4.78 is 48.6. The Labute approximate surface area is 249 Å². The van der Waals surface area contributed by atoms with Gasteiger partial charge in [-0.2, -0.15) is 0 Å². The first-order valence-electron chi connectivity index (χ1n) is 13.3. The van der Waals surface area contributed by atoms with Gasteiger partial charge in [-0.1, -0.05) is 35.0 Å². The summed E-state index contributed by atoms with van der Waals surface area (Å²) in [5.74, 6) is -0.859. The molecular weight excluding hydrogens is 613 g/mol. The molecule has 0 heterocycles. The Morgan fingerprint density at radius 1 is 0.951 bits per heavy atom. The number of carbonyl (C=O) groups is 2. The predicted molar refractivity (Wildman–Crippen MR) is 161 cm³/mol. The molecule has 220 valence electrons. The van der Waals surface area contributed by atoms with Crippen LogP contribution in [0.4, 0.5) is 10.1 Å². The van der Waals surface area contributed by atoms with Crippen LogP contribution in [0.5, 0.6) is 5.75 Å². The van der Waals surface area contributed by atoms with Crippen LogP contribution in [0.1, 0.15) is 39.7 Å². The van der Waals surface area contributed by atoms with Gasteiger partial charge in [0.1, 0.15) is 24.2 Å². The molecule has 0 aliphatic rings. The van der Waals surface area contributed by atoms with E-state index in [2.05, 4.69) is 21.2 Å². The Balaban J connectivity index is 2.02. The second kappa shape index (κ2) is 14.5. The SMILES string of the molecule is CCOc1ccc(N(CC(=O)N(Cc2ccc(F)cc2)[C@@H](C)C(=O)N[C@H](C)CC)S(=O)(=O)c2ccc(Br)cc2)cc1. The molecule has 0 aliphatic carbocycles. The van der Waals surface area contributed by atoms with Crippen molar-refractivity contribution in [2.24, 2.45) is 0 Å². The standard InChI is InChI=1S/C30H35BrFN3O5S/c1-5-21(3)33-30(37)22(4)34(19-23-7-11-25(32)12-8-23)29(36)20-35(26-13-15-27(16-14-26)40-6-2)41(38,39)28-17-9-24(31)10-18-28/h7-18,21-22H,5-6,19-20H2,1-4H3,(H,33,37)/t21-,22+/m1/s1. The van der Waals surface area contributed by atoms with Crippen LogP contribution in [0.3, 0.4) is 0 Å². The monoisotopic (exact) mass is 647 g/mol. The smallest absolute Gasteiger partial charge is 0.264 e. The van der Waals surface area contributed by atoms with E-state index in [0.717, 1.165) is 4.31 Å². The van der Waals surface area contributed by atoms with Crippen LogP contribution in [0, 0.1) is 5.82 Å². The van der Waals surface area contributed by atoms with Gasteiger partial charge in [0, 0.05) is 17.1 Å². The summed E-state index contributed by atoms with van der Waals surface area (Å²) in [5.41, 5.74) is 0.842. The van der Waals surface area contributed by atoms with E-state index < -0.39 is 34.3 Å². The number of hydrogen-bond donors (Lipinski definition) is 1. The highest BCUT2D eigenvalue weighted by molar-refractivity contribution is 9.10. The highest BCUT2D eigenvalue weighted by Gasteiger charge is 2.32. The molecule has 3 rings (SSSR count). The number of nitrogens with one attached hydrogen (secondary N) is 1. The fourth-order valence-corrected chi connectivity index (χ4v) is 5.65. The molecule has 0 saturated heterocycles. The lowest BCUT2D eigenvalue weighted by molar-refractivity contribution is -0.139. The van der Waals surface area contributed by atoms with Crippen molar-refractivity contribution in [1.82, 2.24) is 10.2 Å². The second-order valence-electron chi connectivity index (χ2n) is 9.53. The summed E-state index contributed by atoms with van der Waals surface area (Å²) in [5, 5.41) is 2.88. The third kappa shape index (κ3) is 8.53. The van der Waals surface area contributed by atoms with E-state index in [1.165, 1.54) is 41.3 Å². The molecule has 2 atom stereocenters. The minimum Gasteiger partial charge on any atom is -0.494 e. The number of nitrogens with zero attached hydrogens (tertiary/aromatic N) is 2. The molecule has 41 heavy (non-hydrogen) atoms. The Morgan fingerprint density at radius 3 is 2.12 bits per heavy atom. The summed E-state index contributed by atoms with van der Waals surface area (Å²) in [4.78, 5) is 28.3. The molecule has 0 fully saturated rings. The van der Waals surface area contributed by atoms with Gasteiger partial charge < -0.3 is 15.0 Å². The number of sulfonamides is 1. The summed E-state index contributed by atoms with van der Waals surface area (Å²) in [6, 6.07) is 17.0. The Hall–Kier alpha value is -3.44. The van der Waals surface area contributed by atoms with Crippen LogP contribution < -0.4 is 14.4 Å². The summed E-state index contributed by atoms with van der Waals surface area (Å²) in [7, 11) is -4.20. The molecule has 11 heteroatoms. The molecule has 3 aromatic rings. The van der Waals surface area contributed by atoms with Crippen molar-refractivity contribution in [3.63, 3.8) is 0 Å². The average Bonchev–Trinajstić information content (AvgIpc) is 2.95. The molecule has 0 aliphatic heterocycles. The summed E-state index contributed by atoms with van der Waals surface area (Å²) in [6.07, 6.45) is 0.696. The zero-order valence-electron chi connectivity index (χ0n) is 23.5. The van der Waals surface area contributed by atoms with Crippen LogP contribution in [-0.2, 0) is 26.2 Å². The number of rotatable bonds is 13. The number of carbonyl (C=O) groups excluding carboxylic acids is 2. The second-order valence-corrected chi connectivity index (χ2v) is 12.3. The largest absolute Gasteiger partial charge is 0.494 e. The van der Waals surface area contributed by atoms with Crippen LogP contribution in [0.25, 0.3) is 0 Å². The van der Waals surface area contributed by atoms with E-state index in [1.54, 1.807) is 43.3 Å². The molecule has 0 unspecified atom stereocenters. The van der Waals surface area contributed by atoms with Crippen molar-refractivity contribution in [3.8, 4) is 5.75 Å². The van der Waals surface area contributed by atoms with E-state index in [0.29, 0.717) is 28.8 Å². The lowest BCUT2D eigenvalue weighted by Gasteiger charge is -2.32. The number of hydrogen-bond acceptors (Lipinski definition) is 5. The van der Waals surface area contributed by atoms with Crippen molar-refractivity contribution in [2.45, 2.75) is 57.6 Å². The van der Waals surface area contributed by atoms with Crippen LogP contribution in [0.15, 0.2) is 82.2 Å². The Morgan fingerprint density at radius 2 is 1.56 bits per heavy atom. The van der Waals surface area contributed by atoms with E-state index in [1.807, 2.05) is 20.8 Å². The minimum absolute atomic E-state index is 0.00460. The zero-order chi connectivity index (χ0) is 30.2.